The Morgan fingerprint density at radius 2 is 1.88 bits per heavy atom. The molecule has 2 aromatic carbocycles. The van der Waals surface area contributed by atoms with E-state index in [-0.39, 0.29) is 21.4 Å². The second-order valence-corrected chi connectivity index (χ2v) is 10.9. The SMILES string of the molecule is Cc1cc(COc2ccc([S+]([O-])c3ccsc3C3C(=O)NC(=O)N3OC(=O)C(F)(F)F)cc2)c2ccccc2n1. The molecule has 2 atom stereocenters. The molecule has 2 unspecified atom stereocenters. The number of alkyl halides is 3. The fourth-order valence-corrected chi connectivity index (χ4v) is 6.48. The van der Waals surface area contributed by atoms with Gasteiger partial charge in [-0.3, -0.25) is 15.1 Å². The van der Waals surface area contributed by atoms with E-state index < -0.39 is 41.3 Å². The van der Waals surface area contributed by atoms with Crippen molar-refractivity contribution >= 4 is 51.3 Å². The van der Waals surface area contributed by atoms with Crippen LogP contribution in [0.25, 0.3) is 10.9 Å². The summed E-state index contributed by atoms with van der Waals surface area (Å²) in [7, 11) is 0. The fraction of sp³-hybridized carbons (Fsp3) is 0.154. The van der Waals surface area contributed by atoms with Gasteiger partial charge < -0.3 is 14.1 Å². The number of halogens is 3. The molecule has 2 aromatic heterocycles. The van der Waals surface area contributed by atoms with Crippen LogP contribution in [0.15, 0.2) is 75.8 Å². The van der Waals surface area contributed by atoms with Crippen molar-refractivity contribution in [1.82, 2.24) is 15.4 Å². The first-order valence-electron chi connectivity index (χ1n) is 11.5. The van der Waals surface area contributed by atoms with Gasteiger partial charge in [0.15, 0.2) is 15.8 Å². The number of nitrogens with zero attached hydrogens (tertiary/aromatic N) is 2. The van der Waals surface area contributed by atoms with Gasteiger partial charge in [0.1, 0.15) is 12.4 Å². The summed E-state index contributed by atoms with van der Waals surface area (Å²) in [4.78, 5) is 44.8. The lowest BCUT2D eigenvalue weighted by Gasteiger charge is -2.21. The molecule has 3 amide bonds. The number of fused-ring (bicyclic) bond motifs is 1. The largest absolute Gasteiger partial charge is 0.606 e. The number of ether oxygens (including phenoxy) is 1. The van der Waals surface area contributed by atoms with E-state index >= 15 is 0 Å². The third-order valence-corrected chi connectivity index (χ3v) is 8.35. The van der Waals surface area contributed by atoms with Crippen LogP contribution in [0.1, 0.15) is 22.2 Å². The summed E-state index contributed by atoms with van der Waals surface area (Å²) in [5.74, 6) is -3.20. The van der Waals surface area contributed by atoms with Gasteiger partial charge in [-0.25, -0.2) is 9.59 Å². The van der Waals surface area contributed by atoms with Gasteiger partial charge in [0.2, 0.25) is 0 Å². The maximum absolute atomic E-state index is 13.4. The number of amides is 3. The Bertz CT molecular complexity index is 1610. The Balaban J connectivity index is 1.33. The maximum atomic E-state index is 13.4. The Hall–Kier alpha value is -4.14. The number of carbonyl (C=O) groups excluding carboxylic acids is 3. The normalized spacial score (nSPS) is 16.2. The number of hydrogen-bond acceptors (Lipinski definition) is 8. The zero-order valence-electron chi connectivity index (χ0n) is 20.4. The number of thiophene rings is 1. The second-order valence-electron chi connectivity index (χ2n) is 8.52. The van der Waals surface area contributed by atoms with Gasteiger partial charge in [0.05, 0.1) is 10.4 Å². The standard InChI is InChI=1S/C26H18F3N3O6S2/c1-14-12-15(18-4-2-3-5-19(18)30-14)13-37-16-6-8-17(9-7-16)40(36)20-10-11-39-22(20)21-23(33)31-25(35)32(21)38-24(34)26(27,28)29/h2-12,21H,13H2,1H3,(H,31,33,35). The number of hydrogen-bond donors (Lipinski definition) is 1. The number of aryl methyl sites for hydroxylation is 1. The molecule has 5 rings (SSSR count). The predicted octanol–water partition coefficient (Wildman–Crippen LogP) is 4.96. The number of pyridine rings is 1. The zero-order valence-corrected chi connectivity index (χ0v) is 22.1. The van der Waals surface area contributed by atoms with E-state index in [9.17, 15) is 32.1 Å². The lowest BCUT2D eigenvalue weighted by molar-refractivity contribution is -0.230. The molecule has 1 aliphatic heterocycles. The highest BCUT2D eigenvalue weighted by molar-refractivity contribution is 7.91. The molecule has 0 bridgehead atoms. The first-order chi connectivity index (χ1) is 19.0. The molecule has 0 radical (unpaired) electrons. The Morgan fingerprint density at radius 1 is 1.15 bits per heavy atom. The average molecular weight is 590 g/mol. The number of hydroxylamine groups is 2. The zero-order chi connectivity index (χ0) is 28.6. The first-order valence-corrected chi connectivity index (χ1v) is 13.6. The summed E-state index contributed by atoms with van der Waals surface area (Å²) in [6.07, 6.45) is -5.40. The molecule has 0 spiro atoms. The Morgan fingerprint density at radius 3 is 2.60 bits per heavy atom. The van der Waals surface area contributed by atoms with Crippen LogP contribution >= 0.6 is 11.3 Å². The summed E-state index contributed by atoms with van der Waals surface area (Å²) < 4.78 is 57.5. The Kier molecular flexibility index (Phi) is 7.40. The van der Waals surface area contributed by atoms with Gasteiger partial charge in [-0.05, 0) is 48.7 Å². The van der Waals surface area contributed by atoms with Crippen molar-refractivity contribution in [3.8, 4) is 5.75 Å². The van der Waals surface area contributed by atoms with E-state index in [1.54, 1.807) is 24.3 Å². The third-order valence-electron chi connectivity index (χ3n) is 5.79. The molecule has 9 nitrogen and oxygen atoms in total. The van der Waals surface area contributed by atoms with Gasteiger partial charge in [-0.2, -0.15) is 13.2 Å². The molecule has 0 aliphatic carbocycles. The van der Waals surface area contributed by atoms with E-state index in [0.29, 0.717) is 10.6 Å². The van der Waals surface area contributed by atoms with E-state index in [1.807, 2.05) is 42.6 Å². The highest BCUT2D eigenvalue weighted by Crippen LogP contribution is 2.38. The van der Waals surface area contributed by atoms with Crippen LogP contribution in [0.3, 0.4) is 0 Å². The number of rotatable bonds is 7. The monoisotopic (exact) mass is 589 g/mol. The number of aromatic nitrogens is 1. The number of para-hydroxylation sites is 1. The third kappa shape index (κ3) is 5.46. The van der Waals surface area contributed by atoms with E-state index in [0.717, 1.165) is 33.5 Å². The topological polar surface area (TPSA) is 121 Å². The quantitative estimate of drug-likeness (QED) is 0.239. The number of carbonyl (C=O) groups is 3. The minimum atomic E-state index is -5.40. The summed E-state index contributed by atoms with van der Waals surface area (Å²) in [6, 6.07) is 14.3. The fourth-order valence-electron chi connectivity index (χ4n) is 4.04. The minimum Gasteiger partial charge on any atom is -0.606 e. The molecule has 1 N–H and O–H groups in total. The van der Waals surface area contributed by atoms with Gasteiger partial charge in [-0.1, -0.05) is 18.2 Å². The molecule has 3 heterocycles. The van der Waals surface area contributed by atoms with Crippen molar-refractivity contribution in [1.29, 1.82) is 0 Å². The van der Waals surface area contributed by atoms with Crippen LogP contribution in [0.5, 0.6) is 5.75 Å². The van der Waals surface area contributed by atoms with E-state index in [2.05, 4.69) is 9.82 Å². The first kappa shape index (κ1) is 27.4. The number of urea groups is 1. The highest BCUT2D eigenvalue weighted by atomic mass is 32.2. The number of benzene rings is 2. The molecule has 1 saturated heterocycles. The summed E-state index contributed by atoms with van der Waals surface area (Å²) >= 11 is -1.02. The van der Waals surface area contributed by atoms with Gasteiger partial charge in [0.25, 0.3) is 5.91 Å². The van der Waals surface area contributed by atoms with Crippen LogP contribution in [0.4, 0.5) is 18.0 Å². The minimum absolute atomic E-state index is 0.00610. The maximum Gasteiger partial charge on any atom is 0.493 e. The van der Waals surface area contributed by atoms with Gasteiger partial charge in [-0.15, -0.1) is 16.4 Å². The molecule has 14 heteroatoms. The molecular weight excluding hydrogens is 571 g/mol. The smallest absolute Gasteiger partial charge is 0.493 e. The summed E-state index contributed by atoms with van der Waals surface area (Å²) in [5, 5.41) is 4.23. The van der Waals surface area contributed by atoms with Crippen LogP contribution in [0, 0.1) is 6.92 Å². The van der Waals surface area contributed by atoms with Crippen LogP contribution < -0.4 is 10.1 Å². The van der Waals surface area contributed by atoms with Crippen LogP contribution in [0.2, 0.25) is 0 Å². The Labute approximate surface area is 231 Å². The van der Waals surface area contributed by atoms with E-state index in [1.165, 1.54) is 11.4 Å². The van der Waals surface area contributed by atoms with Crippen molar-refractivity contribution in [2.24, 2.45) is 0 Å². The summed E-state index contributed by atoms with van der Waals surface area (Å²) in [5.41, 5.74) is 2.64. The molecule has 1 aliphatic rings. The molecule has 40 heavy (non-hydrogen) atoms. The summed E-state index contributed by atoms with van der Waals surface area (Å²) in [6.45, 7) is 2.15. The second kappa shape index (κ2) is 10.8. The van der Waals surface area contributed by atoms with Gasteiger partial charge in [0, 0.05) is 33.9 Å². The highest BCUT2D eigenvalue weighted by Gasteiger charge is 2.50. The van der Waals surface area contributed by atoms with Crippen molar-refractivity contribution in [2.75, 3.05) is 0 Å². The van der Waals surface area contributed by atoms with Crippen molar-refractivity contribution < 1.29 is 41.7 Å². The van der Waals surface area contributed by atoms with Crippen LogP contribution in [-0.4, -0.2) is 38.7 Å². The number of imide groups is 1. The van der Waals surface area contributed by atoms with Crippen molar-refractivity contribution in [3.63, 3.8) is 0 Å². The van der Waals surface area contributed by atoms with E-state index in [4.69, 9.17) is 4.74 Å². The van der Waals surface area contributed by atoms with Gasteiger partial charge >= 0.3 is 18.2 Å². The lowest BCUT2D eigenvalue weighted by atomic mass is 10.1. The molecule has 4 aromatic rings. The number of nitrogens with one attached hydrogen (secondary N) is 1. The van der Waals surface area contributed by atoms with Crippen molar-refractivity contribution in [3.05, 3.63) is 82.2 Å². The van der Waals surface area contributed by atoms with Crippen LogP contribution in [-0.2, 0) is 32.2 Å². The molecule has 206 valence electrons. The predicted molar refractivity (Wildman–Crippen MR) is 137 cm³/mol. The molecule has 0 saturated carbocycles. The molecular formula is C26H18F3N3O6S2. The van der Waals surface area contributed by atoms with Crippen molar-refractivity contribution in [2.45, 2.75) is 35.5 Å². The molecule has 1 fully saturated rings. The lowest BCUT2D eigenvalue weighted by Crippen LogP contribution is -2.38. The average Bonchev–Trinajstić information content (AvgIpc) is 3.49.